The first kappa shape index (κ1) is 18.1. The van der Waals surface area contributed by atoms with Gasteiger partial charge in [-0.2, -0.15) is 0 Å². The van der Waals surface area contributed by atoms with Gasteiger partial charge in [-0.1, -0.05) is 0 Å². The highest BCUT2D eigenvalue weighted by atomic mass is 16.5. The van der Waals surface area contributed by atoms with Crippen LogP contribution in [0, 0.1) is 13.8 Å². The summed E-state index contributed by atoms with van der Waals surface area (Å²) in [5.41, 5.74) is 4.05. The maximum atomic E-state index is 12.4. The lowest BCUT2D eigenvalue weighted by Gasteiger charge is -2.22. The minimum atomic E-state index is -0.194. The molecule has 2 aromatic rings. The van der Waals surface area contributed by atoms with E-state index in [9.17, 15) is 4.79 Å². The summed E-state index contributed by atoms with van der Waals surface area (Å²) in [7, 11) is 3.22. The molecule has 1 heterocycles. The van der Waals surface area contributed by atoms with Gasteiger partial charge in [0.2, 0.25) is 0 Å². The molecule has 0 spiro atoms. The lowest BCUT2D eigenvalue weighted by molar-refractivity contribution is 0.127. The minimum Gasteiger partial charge on any atom is -0.383 e. The lowest BCUT2D eigenvalue weighted by atomic mass is 10.2. The first-order chi connectivity index (χ1) is 11.5. The molecule has 0 aliphatic carbocycles. The van der Waals surface area contributed by atoms with Crippen molar-refractivity contribution in [2.75, 3.05) is 45.8 Å². The number of benzene rings is 1. The molecule has 2 amide bonds. The van der Waals surface area contributed by atoms with Gasteiger partial charge in [0.15, 0.2) is 0 Å². The summed E-state index contributed by atoms with van der Waals surface area (Å²) in [6.07, 6.45) is 0. The fourth-order valence-electron chi connectivity index (χ4n) is 2.23. The number of hydrogen-bond acceptors (Lipinski definition) is 5. The number of nitrogens with zero attached hydrogens (tertiary/aromatic N) is 3. The van der Waals surface area contributed by atoms with Gasteiger partial charge in [0.1, 0.15) is 0 Å². The molecule has 0 radical (unpaired) electrons. The minimum absolute atomic E-state index is 0.194. The predicted octanol–water partition coefficient (Wildman–Crippen LogP) is 2.37. The van der Waals surface area contributed by atoms with Crippen LogP contribution >= 0.6 is 0 Å². The van der Waals surface area contributed by atoms with Crippen molar-refractivity contribution in [1.29, 1.82) is 0 Å². The second-order valence-electron chi connectivity index (χ2n) is 5.50. The van der Waals surface area contributed by atoms with Crippen molar-refractivity contribution >= 4 is 22.8 Å². The number of nitrogens with one attached hydrogen (secondary N) is 1. The highest BCUT2D eigenvalue weighted by molar-refractivity contribution is 5.91. The quantitative estimate of drug-likeness (QED) is 0.842. The molecule has 0 bridgehead atoms. The molecule has 0 unspecified atom stereocenters. The maximum Gasteiger partial charge on any atom is 0.322 e. The van der Waals surface area contributed by atoms with Crippen molar-refractivity contribution in [3.63, 3.8) is 0 Å². The number of carbonyl (C=O) groups is 1. The SMILES string of the molecule is COCCN(CCOC)C(=O)Nc1ccc2nc(C)c(C)nc2c1. The average Bonchev–Trinajstić information content (AvgIpc) is 2.56. The first-order valence-corrected chi connectivity index (χ1v) is 7.84. The summed E-state index contributed by atoms with van der Waals surface area (Å²) >= 11 is 0. The third kappa shape index (κ3) is 4.62. The fraction of sp³-hybridized carbons (Fsp3) is 0.471. The molecule has 2 rings (SSSR count). The van der Waals surface area contributed by atoms with E-state index in [0.29, 0.717) is 32.0 Å². The second kappa shape index (κ2) is 8.56. The van der Waals surface area contributed by atoms with Crippen LogP contribution in [0.3, 0.4) is 0 Å². The molecule has 7 heteroatoms. The van der Waals surface area contributed by atoms with Crippen molar-refractivity contribution in [2.24, 2.45) is 0 Å². The number of ether oxygens (including phenoxy) is 2. The standard InChI is InChI=1S/C17H24N4O3/c1-12-13(2)19-16-11-14(5-6-15(16)18-12)20-17(22)21(7-9-23-3)8-10-24-4/h5-6,11H,7-10H2,1-4H3,(H,20,22). The molecule has 0 aliphatic heterocycles. The Morgan fingerprint density at radius 2 is 1.62 bits per heavy atom. The summed E-state index contributed by atoms with van der Waals surface area (Å²) in [5.74, 6) is 0. The van der Waals surface area contributed by atoms with Crippen LogP contribution in [0.25, 0.3) is 11.0 Å². The number of carbonyl (C=O) groups excluding carboxylic acids is 1. The van der Waals surface area contributed by atoms with Gasteiger partial charge in [0, 0.05) is 33.0 Å². The number of urea groups is 1. The summed E-state index contributed by atoms with van der Waals surface area (Å²) in [6.45, 7) is 5.79. The zero-order valence-electron chi connectivity index (χ0n) is 14.6. The molecule has 0 atom stereocenters. The molecular formula is C17H24N4O3. The Morgan fingerprint density at radius 3 is 2.21 bits per heavy atom. The maximum absolute atomic E-state index is 12.4. The Kier molecular flexibility index (Phi) is 6.45. The predicted molar refractivity (Wildman–Crippen MR) is 93.4 cm³/mol. The summed E-state index contributed by atoms with van der Waals surface area (Å²) in [4.78, 5) is 23.1. The molecule has 1 aromatic carbocycles. The van der Waals surface area contributed by atoms with Crippen molar-refractivity contribution < 1.29 is 14.3 Å². The van der Waals surface area contributed by atoms with E-state index >= 15 is 0 Å². The fourth-order valence-corrected chi connectivity index (χ4v) is 2.23. The van der Waals surface area contributed by atoms with E-state index in [1.165, 1.54) is 0 Å². The van der Waals surface area contributed by atoms with E-state index < -0.39 is 0 Å². The van der Waals surface area contributed by atoms with E-state index in [1.54, 1.807) is 19.1 Å². The first-order valence-electron chi connectivity index (χ1n) is 7.84. The second-order valence-corrected chi connectivity index (χ2v) is 5.50. The van der Waals surface area contributed by atoms with Crippen LogP contribution in [0.5, 0.6) is 0 Å². The molecule has 24 heavy (non-hydrogen) atoms. The number of hydrogen-bond donors (Lipinski definition) is 1. The normalized spacial score (nSPS) is 10.8. The van der Waals surface area contributed by atoms with Crippen LogP contribution in [0.4, 0.5) is 10.5 Å². The molecule has 0 saturated heterocycles. The highest BCUT2D eigenvalue weighted by Gasteiger charge is 2.13. The van der Waals surface area contributed by atoms with Gasteiger partial charge >= 0.3 is 6.03 Å². The topological polar surface area (TPSA) is 76.6 Å². The molecule has 0 aliphatic rings. The van der Waals surface area contributed by atoms with Crippen LogP contribution in [-0.2, 0) is 9.47 Å². The van der Waals surface area contributed by atoms with Crippen LogP contribution in [0.15, 0.2) is 18.2 Å². The van der Waals surface area contributed by atoms with E-state index in [-0.39, 0.29) is 6.03 Å². The van der Waals surface area contributed by atoms with Gasteiger partial charge < -0.3 is 19.7 Å². The Hall–Kier alpha value is -2.25. The molecule has 0 saturated carbocycles. The monoisotopic (exact) mass is 332 g/mol. The molecule has 1 N–H and O–H groups in total. The molecular weight excluding hydrogens is 308 g/mol. The van der Waals surface area contributed by atoms with Crippen LogP contribution in [0.2, 0.25) is 0 Å². The van der Waals surface area contributed by atoms with E-state index in [2.05, 4.69) is 15.3 Å². The van der Waals surface area contributed by atoms with Crippen molar-refractivity contribution in [3.05, 3.63) is 29.6 Å². The van der Waals surface area contributed by atoms with Crippen molar-refractivity contribution in [2.45, 2.75) is 13.8 Å². The smallest absolute Gasteiger partial charge is 0.322 e. The number of rotatable bonds is 7. The number of anilines is 1. The van der Waals surface area contributed by atoms with Gasteiger partial charge in [0.25, 0.3) is 0 Å². The Morgan fingerprint density at radius 1 is 1.04 bits per heavy atom. The van der Waals surface area contributed by atoms with Gasteiger partial charge in [0.05, 0.1) is 35.6 Å². The van der Waals surface area contributed by atoms with Crippen LogP contribution < -0.4 is 5.32 Å². The van der Waals surface area contributed by atoms with Gasteiger partial charge in [-0.25, -0.2) is 14.8 Å². The van der Waals surface area contributed by atoms with E-state index in [4.69, 9.17) is 9.47 Å². The van der Waals surface area contributed by atoms with E-state index in [0.717, 1.165) is 22.4 Å². The Bertz CT molecular complexity index is 698. The number of aromatic nitrogens is 2. The number of amides is 2. The van der Waals surface area contributed by atoms with Gasteiger partial charge in [-0.15, -0.1) is 0 Å². The zero-order valence-corrected chi connectivity index (χ0v) is 14.6. The average molecular weight is 332 g/mol. The van der Waals surface area contributed by atoms with Crippen molar-refractivity contribution in [1.82, 2.24) is 14.9 Å². The lowest BCUT2D eigenvalue weighted by Crippen LogP contribution is -2.39. The number of methoxy groups -OCH3 is 2. The third-order valence-electron chi connectivity index (χ3n) is 3.74. The van der Waals surface area contributed by atoms with Crippen LogP contribution in [0.1, 0.15) is 11.4 Å². The summed E-state index contributed by atoms with van der Waals surface area (Å²) in [6, 6.07) is 5.32. The highest BCUT2D eigenvalue weighted by Crippen LogP contribution is 2.18. The number of aryl methyl sites for hydroxylation is 2. The molecule has 0 fully saturated rings. The van der Waals surface area contributed by atoms with Gasteiger partial charge in [-0.3, -0.25) is 0 Å². The number of fused-ring (bicyclic) bond motifs is 1. The third-order valence-corrected chi connectivity index (χ3v) is 3.74. The summed E-state index contributed by atoms with van der Waals surface area (Å²) < 4.78 is 10.1. The zero-order chi connectivity index (χ0) is 17.5. The molecule has 7 nitrogen and oxygen atoms in total. The Labute approximate surface area is 142 Å². The van der Waals surface area contributed by atoms with E-state index in [1.807, 2.05) is 32.0 Å². The van der Waals surface area contributed by atoms with Crippen LogP contribution in [-0.4, -0.2) is 61.4 Å². The summed E-state index contributed by atoms with van der Waals surface area (Å²) in [5, 5.41) is 2.89. The molecule has 1 aromatic heterocycles. The Balaban J connectivity index is 2.13. The van der Waals surface area contributed by atoms with Crippen molar-refractivity contribution in [3.8, 4) is 0 Å². The molecule has 130 valence electrons. The largest absolute Gasteiger partial charge is 0.383 e. The van der Waals surface area contributed by atoms with Gasteiger partial charge in [-0.05, 0) is 32.0 Å².